The van der Waals surface area contributed by atoms with E-state index < -0.39 is 5.41 Å². The lowest BCUT2D eigenvalue weighted by Crippen LogP contribution is -2.54. The monoisotopic (exact) mass is 662 g/mol. The second kappa shape index (κ2) is 12.6. The van der Waals surface area contributed by atoms with E-state index in [1.807, 2.05) is 24.3 Å². The molecule has 1 spiro atoms. The van der Waals surface area contributed by atoms with Gasteiger partial charge < -0.3 is 14.6 Å². The van der Waals surface area contributed by atoms with E-state index in [0.717, 1.165) is 67.9 Å². The van der Waals surface area contributed by atoms with Crippen molar-refractivity contribution in [2.24, 2.45) is 11.8 Å². The van der Waals surface area contributed by atoms with Crippen LogP contribution < -0.4 is 9.64 Å². The van der Waals surface area contributed by atoms with Crippen molar-refractivity contribution < 1.29 is 9.53 Å². The fraction of sp³-hybridized carbons (Fsp3) is 0.341. The van der Waals surface area contributed by atoms with Gasteiger partial charge in [-0.05, 0) is 85.5 Å². The van der Waals surface area contributed by atoms with Crippen molar-refractivity contribution in [1.82, 2.24) is 14.8 Å². The van der Waals surface area contributed by atoms with Gasteiger partial charge in [0.05, 0.1) is 23.7 Å². The van der Waals surface area contributed by atoms with Gasteiger partial charge in [-0.3, -0.25) is 14.6 Å². The molecule has 2 saturated heterocycles. The number of fused-ring (bicyclic) bond motifs is 7. The Kier molecular flexibility index (Phi) is 7.89. The minimum absolute atomic E-state index is 0.142. The number of ether oxygens (including phenoxy) is 1. The van der Waals surface area contributed by atoms with Crippen LogP contribution in [0.15, 0.2) is 116 Å². The number of amides is 1. The molecule has 6 heteroatoms. The number of carbonyl (C=O) groups excluding carboxylic acids is 1. The molecular weight excluding hydrogens is 617 g/mol. The quantitative estimate of drug-likeness (QED) is 0.171. The standard InChI is InChI=1S/C44H46N4O2/c1-3-32-28-47-23-21-44(41(47)25-33(32)24-40-42-36(20-22-46(40)2)35-16-10-11-17-38(35)45-42)37-19-18-34(50-29-31-14-8-5-9-15-31)26-39(37)48(43(44)49)27-30-12-6-4-7-13-30/h3-19,26,32-33,40-41,45H,1,20-25,27-29H2,2H3/t32-,33-,40-,41-,44-/m0/s1. The van der Waals surface area contributed by atoms with Gasteiger partial charge in [0, 0.05) is 41.8 Å². The Hall–Kier alpha value is -4.65. The van der Waals surface area contributed by atoms with Crippen LogP contribution >= 0.6 is 0 Å². The number of hydrogen-bond acceptors (Lipinski definition) is 4. The molecule has 0 radical (unpaired) electrons. The first kappa shape index (κ1) is 31.3. The number of benzene rings is 4. The molecule has 5 atom stereocenters. The molecule has 5 aromatic rings. The van der Waals surface area contributed by atoms with Crippen LogP contribution in [0.4, 0.5) is 5.69 Å². The van der Waals surface area contributed by atoms with Crippen molar-refractivity contribution in [3.05, 3.63) is 144 Å². The van der Waals surface area contributed by atoms with Crippen molar-refractivity contribution in [3.8, 4) is 5.75 Å². The Morgan fingerprint density at radius 3 is 2.50 bits per heavy atom. The highest BCUT2D eigenvalue weighted by molar-refractivity contribution is 6.09. The number of hydrogen-bond donors (Lipinski definition) is 1. The SMILES string of the molecule is C=C[C@H]1CN2CC[C@@]3(C(=O)N(Cc4ccccc4)c4cc(OCc5ccccc5)ccc43)[C@@H]2C[C@@H]1C[C@H]1c2[nH]c3ccccc3c2CCN1C. The number of piperidine rings is 1. The molecule has 0 bridgehead atoms. The van der Waals surface area contributed by atoms with E-state index >= 15 is 4.79 Å². The normalized spacial score (nSPS) is 26.3. The smallest absolute Gasteiger partial charge is 0.239 e. The minimum atomic E-state index is -0.572. The molecule has 5 heterocycles. The second-order valence-corrected chi connectivity index (χ2v) is 15.0. The summed E-state index contributed by atoms with van der Waals surface area (Å²) in [5, 5.41) is 1.37. The second-order valence-electron chi connectivity index (χ2n) is 15.0. The minimum Gasteiger partial charge on any atom is -0.489 e. The average Bonchev–Trinajstić information content (AvgIpc) is 3.79. The number of rotatable bonds is 8. The van der Waals surface area contributed by atoms with Crippen LogP contribution in [0.25, 0.3) is 10.9 Å². The van der Waals surface area contributed by atoms with Crippen LogP contribution in [0, 0.1) is 11.8 Å². The third-order valence-electron chi connectivity index (χ3n) is 12.4. The zero-order valence-corrected chi connectivity index (χ0v) is 28.9. The van der Waals surface area contributed by atoms with E-state index in [2.05, 4.69) is 118 Å². The van der Waals surface area contributed by atoms with Crippen molar-refractivity contribution in [3.63, 3.8) is 0 Å². The van der Waals surface area contributed by atoms with Gasteiger partial charge >= 0.3 is 0 Å². The van der Waals surface area contributed by atoms with Crippen LogP contribution in [-0.2, 0) is 29.8 Å². The van der Waals surface area contributed by atoms with E-state index in [0.29, 0.717) is 31.0 Å². The van der Waals surface area contributed by atoms with Crippen LogP contribution in [-0.4, -0.2) is 53.4 Å². The lowest BCUT2D eigenvalue weighted by atomic mass is 9.68. The molecule has 4 aliphatic rings. The van der Waals surface area contributed by atoms with Gasteiger partial charge in [0.2, 0.25) is 5.91 Å². The van der Waals surface area contributed by atoms with Gasteiger partial charge in [-0.2, -0.15) is 0 Å². The fourth-order valence-electron chi connectivity index (χ4n) is 9.86. The third-order valence-corrected chi connectivity index (χ3v) is 12.4. The lowest BCUT2D eigenvalue weighted by Gasteiger charge is -2.46. The molecule has 4 aromatic carbocycles. The number of likely N-dealkylation sites (N-methyl/N-ethyl adjacent to an activating group) is 1. The number of H-pyrrole nitrogens is 1. The predicted octanol–water partition coefficient (Wildman–Crippen LogP) is 8.05. The molecule has 254 valence electrons. The summed E-state index contributed by atoms with van der Waals surface area (Å²) in [4.78, 5) is 26.2. The first-order valence-corrected chi connectivity index (χ1v) is 18.4. The van der Waals surface area contributed by atoms with Crippen LogP contribution in [0.2, 0.25) is 0 Å². The molecule has 1 amide bonds. The van der Waals surface area contributed by atoms with Crippen molar-refractivity contribution >= 4 is 22.5 Å². The van der Waals surface area contributed by atoms with Gasteiger partial charge in [0.25, 0.3) is 0 Å². The molecule has 2 fully saturated rings. The van der Waals surface area contributed by atoms with Crippen molar-refractivity contribution in [2.75, 3.05) is 31.6 Å². The summed E-state index contributed by atoms with van der Waals surface area (Å²) < 4.78 is 6.33. The summed E-state index contributed by atoms with van der Waals surface area (Å²) in [5.41, 5.74) is 7.96. The van der Waals surface area contributed by atoms with E-state index in [1.54, 1.807) is 0 Å². The molecule has 6 nitrogen and oxygen atoms in total. The first-order valence-electron chi connectivity index (χ1n) is 18.4. The van der Waals surface area contributed by atoms with Crippen LogP contribution in [0.5, 0.6) is 5.75 Å². The molecule has 9 rings (SSSR count). The molecule has 0 saturated carbocycles. The summed E-state index contributed by atoms with van der Waals surface area (Å²) in [6, 6.07) is 36.3. The number of para-hydroxylation sites is 1. The van der Waals surface area contributed by atoms with E-state index in [9.17, 15) is 0 Å². The van der Waals surface area contributed by atoms with Gasteiger partial charge in [-0.15, -0.1) is 6.58 Å². The summed E-state index contributed by atoms with van der Waals surface area (Å²) >= 11 is 0. The van der Waals surface area contributed by atoms with E-state index in [-0.39, 0.29) is 11.9 Å². The summed E-state index contributed by atoms with van der Waals surface area (Å²) in [7, 11) is 2.28. The van der Waals surface area contributed by atoms with Gasteiger partial charge in [-0.1, -0.05) is 91.0 Å². The molecule has 1 N–H and O–H groups in total. The zero-order chi connectivity index (χ0) is 33.8. The van der Waals surface area contributed by atoms with Crippen LogP contribution in [0.1, 0.15) is 53.3 Å². The highest BCUT2D eigenvalue weighted by Crippen LogP contribution is 2.56. The maximum absolute atomic E-state index is 15.1. The number of anilines is 1. The van der Waals surface area contributed by atoms with Crippen molar-refractivity contribution in [2.45, 2.75) is 56.3 Å². The Morgan fingerprint density at radius 1 is 0.940 bits per heavy atom. The maximum atomic E-state index is 15.1. The highest BCUT2D eigenvalue weighted by Gasteiger charge is 2.61. The largest absolute Gasteiger partial charge is 0.489 e. The van der Waals surface area contributed by atoms with Gasteiger partial charge in [0.1, 0.15) is 12.4 Å². The van der Waals surface area contributed by atoms with Gasteiger partial charge in [-0.25, -0.2) is 0 Å². The fourth-order valence-corrected chi connectivity index (χ4v) is 9.86. The molecular formula is C44H46N4O2. The molecule has 50 heavy (non-hydrogen) atoms. The molecule has 1 aromatic heterocycles. The zero-order valence-electron chi connectivity index (χ0n) is 28.9. The summed E-state index contributed by atoms with van der Waals surface area (Å²) in [6.07, 6.45) is 6.14. The number of nitrogens with zero attached hydrogens (tertiary/aromatic N) is 3. The van der Waals surface area contributed by atoms with E-state index in [1.165, 1.54) is 27.7 Å². The Balaban J connectivity index is 1.06. The first-order chi connectivity index (χ1) is 24.5. The number of nitrogens with one attached hydrogen (secondary N) is 1. The van der Waals surface area contributed by atoms with Crippen LogP contribution in [0.3, 0.4) is 0 Å². The Labute approximate surface area is 295 Å². The Bertz CT molecular complexity index is 2040. The highest BCUT2D eigenvalue weighted by atomic mass is 16.5. The van der Waals surface area contributed by atoms with E-state index in [4.69, 9.17) is 4.74 Å². The molecule has 4 aliphatic heterocycles. The molecule has 0 aliphatic carbocycles. The van der Waals surface area contributed by atoms with Crippen molar-refractivity contribution in [1.29, 1.82) is 0 Å². The summed E-state index contributed by atoms with van der Waals surface area (Å²) in [5.74, 6) is 1.84. The predicted molar refractivity (Wildman–Crippen MR) is 200 cm³/mol. The maximum Gasteiger partial charge on any atom is 0.239 e. The average molecular weight is 663 g/mol. The molecule has 0 unspecified atom stereocenters. The third kappa shape index (κ3) is 5.11. The van der Waals surface area contributed by atoms with Gasteiger partial charge in [0.15, 0.2) is 0 Å². The Morgan fingerprint density at radius 2 is 1.70 bits per heavy atom. The summed E-state index contributed by atoms with van der Waals surface area (Å²) in [6.45, 7) is 8.33. The number of aromatic nitrogens is 1. The topological polar surface area (TPSA) is 51.8 Å². The number of carbonyl (C=O) groups is 1. The number of aromatic amines is 1. The lowest BCUT2D eigenvalue weighted by molar-refractivity contribution is -0.125.